The Morgan fingerprint density at radius 1 is 0.862 bits per heavy atom. The highest BCUT2D eigenvalue weighted by atomic mass is 19.1. The van der Waals surface area contributed by atoms with Gasteiger partial charge in [-0.25, -0.2) is 4.39 Å². The molecule has 1 amide bonds. The number of para-hydroxylation sites is 2. The third-order valence-electron chi connectivity index (χ3n) is 4.80. The normalized spacial score (nSPS) is 13.8. The van der Waals surface area contributed by atoms with Gasteiger partial charge in [-0.15, -0.1) is 0 Å². The second-order valence-electron chi connectivity index (χ2n) is 6.75. The lowest BCUT2D eigenvalue weighted by Crippen LogP contribution is -2.36. The van der Waals surface area contributed by atoms with Crippen molar-refractivity contribution in [1.82, 2.24) is 0 Å². The summed E-state index contributed by atoms with van der Waals surface area (Å²) in [4.78, 5) is 14.5. The van der Waals surface area contributed by atoms with Gasteiger partial charge < -0.3 is 20.3 Å². The number of hydrogen-bond acceptors (Lipinski definition) is 4. The Bertz CT molecular complexity index is 985. The van der Waals surface area contributed by atoms with Crippen molar-refractivity contribution in [3.63, 3.8) is 0 Å². The van der Waals surface area contributed by atoms with Crippen LogP contribution < -0.4 is 15.5 Å². The van der Waals surface area contributed by atoms with Gasteiger partial charge in [-0.1, -0.05) is 24.3 Å². The fourth-order valence-electron chi connectivity index (χ4n) is 3.30. The van der Waals surface area contributed by atoms with Gasteiger partial charge in [-0.2, -0.15) is 0 Å². The fourth-order valence-corrected chi connectivity index (χ4v) is 3.30. The van der Waals surface area contributed by atoms with Crippen LogP contribution in [-0.4, -0.2) is 32.2 Å². The van der Waals surface area contributed by atoms with E-state index in [1.165, 1.54) is 12.1 Å². The maximum Gasteiger partial charge on any atom is 0.258 e. The van der Waals surface area contributed by atoms with E-state index in [-0.39, 0.29) is 5.56 Å². The monoisotopic (exact) mass is 391 g/mol. The van der Waals surface area contributed by atoms with Gasteiger partial charge in [0.25, 0.3) is 5.91 Å². The summed E-state index contributed by atoms with van der Waals surface area (Å²) in [5, 5.41) is 6.16. The Labute approximate surface area is 169 Å². The lowest BCUT2D eigenvalue weighted by atomic mass is 10.2. The Morgan fingerprint density at radius 3 is 2.28 bits per heavy atom. The highest BCUT2D eigenvalue weighted by Crippen LogP contribution is 2.29. The molecule has 1 heterocycles. The average molecular weight is 391 g/mol. The van der Waals surface area contributed by atoms with Crippen molar-refractivity contribution in [3.05, 3.63) is 84.2 Å². The van der Waals surface area contributed by atoms with Crippen molar-refractivity contribution in [2.75, 3.05) is 41.8 Å². The van der Waals surface area contributed by atoms with E-state index in [1.807, 2.05) is 30.3 Å². The van der Waals surface area contributed by atoms with Crippen LogP contribution in [0.25, 0.3) is 0 Å². The number of ether oxygens (including phenoxy) is 1. The maximum atomic E-state index is 13.8. The zero-order valence-corrected chi connectivity index (χ0v) is 15.9. The zero-order valence-electron chi connectivity index (χ0n) is 15.9. The van der Waals surface area contributed by atoms with Crippen LogP contribution in [-0.2, 0) is 4.74 Å². The first-order valence-electron chi connectivity index (χ1n) is 9.55. The van der Waals surface area contributed by atoms with E-state index in [4.69, 9.17) is 4.74 Å². The van der Waals surface area contributed by atoms with E-state index in [2.05, 4.69) is 21.6 Å². The average Bonchev–Trinajstić information content (AvgIpc) is 2.76. The lowest BCUT2D eigenvalue weighted by molar-refractivity contribution is 0.102. The van der Waals surface area contributed by atoms with Crippen LogP contribution in [0, 0.1) is 5.82 Å². The highest BCUT2D eigenvalue weighted by molar-refractivity contribution is 6.04. The quantitative estimate of drug-likeness (QED) is 0.664. The number of nitrogens with one attached hydrogen (secondary N) is 2. The molecule has 2 N–H and O–H groups in total. The van der Waals surface area contributed by atoms with E-state index in [0.717, 1.165) is 43.4 Å². The molecule has 1 saturated heterocycles. The summed E-state index contributed by atoms with van der Waals surface area (Å²) in [6.07, 6.45) is 0. The maximum absolute atomic E-state index is 13.8. The molecule has 5 nitrogen and oxygen atoms in total. The molecule has 0 atom stereocenters. The van der Waals surface area contributed by atoms with E-state index < -0.39 is 11.7 Å². The number of anilines is 4. The Kier molecular flexibility index (Phi) is 5.72. The number of carbonyl (C=O) groups is 1. The minimum Gasteiger partial charge on any atom is -0.378 e. The van der Waals surface area contributed by atoms with Crippen LogP contribution in [0.3, 0.4) is 0 Å². The second-order valence-corrected chi connectivity index (χ2v) is 6.75. The van der Waals surface area contributed by atoms with Crippen molar-refractivity contribution in [2.24, 2.45) is 0 Å². The van der Waals surface area contributed by atoms with Gasteiger partial charge in [0.05, 0.1) is 30.2 Å². The number of hydrogen-bond donors (Lipinski definition) is 2. The lowest BCUT2D eigenvalue weighted by Gasteiger charge is -2.30. The molecule has 0 radical (unpaired) electrons. The van der Waals surface area contributed by atoms with Crippen molar-refractivity contribution in [2.45, 2.75) is 0 Å². The third-order valence-corrected chi connectivity index (χ3v) is 4.80. The summed E-state index contributed by atoms with van der Waals surface area (Å²) in [6.45, 7) is 3.18. The van der Waals surface area contributed by atoms with Crippen LogP contribution >= 0.6 is 0 Å². The Balaban J connectivity index is 1.45. The minimum absolute atomic E-state index is 0.0224. The highest BCUT2D eigenvalue weighted by Gasteiger charge is 2.15. The number of benzene rings is 3. The number of halogens is 1. The summed E-state index contributed by atoms with van der Waals surface area (Å²) in [5.74, 6) is -1.01. The van der Waals surface area contributed by atoms with Crippen LogP contribution in [0.2, 0.25) is 0 Å². The molecule has 0 bridgehead atoms. The molecule has 0 unspecified atom stereocenters. The Morgan fingerprint density at radius 2 is 1.52 bits per heavy atom. The molecular formula is C23H22FN3O2. The summed E-state index contributed by atoms with van der Waals surface area (Å²) in [7, 11) is 0. The summed E-state index contributed by atoms with van der Waals surface area (Å²) in [6, 6.07) is 21.4. The molecule has 3 aromatic carbocycles. The standard InChI is InChI=1S/C23H22FN3O2/c24-20-6-2-1-5-19(20)23(28)26-18-11-9-17(10-12-18)25-21-7-3-4-8-22(21)27-13-15-29-16-14-27/h1-12,25H,13-16H2,(H,26,28). The minimum atomic E-state index is -0.539. The Hall–Kier alpha value is -3.38. The molecule has 29 heavy (non-hydrogen) atoms. The number of morpholine rings is 1. The van der Waals surface area contributed by atoms with Crippen LogP contribution in [0.15, 0.2) is 72.8 Å². The van der Waals surface area contributed by atoms with E-state index in [9.17, 15) is 9.18 Å². The van der Waals surface area contributed by atoms with E-state index >= 15 is 0 Å². The molecule has 1 fully saturated rings. The van der Waals surface area contributed by atoms with Crippen molar-refractivity contribution in [3.8, 4) is 0 Å². The molecule has 3 aromatic rings. The van der Waals surface area contributed by atoms with Gasteiger partial charge in [0.2, 0.25) is 0 Å². The summed E-state index contributed by atoms with van der Waals surface area (Å²) < 4.78 is 19.2. The molecule has 4 rings (SSSR count). The van der Waals surface area contributed by atoms with Crippen LogP contribution in [0.5, 0.6) is 0 Å². The predicted molar refractivity (Wildman–Crippen MR) is 114 cm³/mol. The third kappa shape index (κ3) is 4.55. The molecule has 0 aliphatic carbocycles. The molecule has 148 valence electrons. The SMILES string of the molecule is O=C(Nc1ccc(Nc2ccccc2N2CCOCC2)cc1)c1ccccc1F. The van der Waals surface area contributed by atoms with E-state index in [1.54, 1.807) is 24.3 Å². The molecule has 0 saturated carbocycles. The number of carbonyl (C=O) groups excluding carboxylic acids is 1. The van der Waals surface area contributed by atoms with Gasteiger partial charge in [-0.05, 0) is 48.5 Å². The first kappa shape index (κ1) is 19.0. The van der Waals surface area contributed by atoms with Gasteiger partial charge in [-0.3, -0.25) is 4.79 Å². The first-order chi connectivity index (χ1) is 14.2. The first-order valence-corrected chi connectivity index (χ1v) is 9.55. The molecule has 1 aliphatic heterocycles. The van der Waals surface area contributed by atoms with Crippen molar-refractivity contribution in [1.29, 1.82) is 0 Å². The van der Waals surface area contributed by atoms with Crippen LogP contribution in [0.1, 0.15) is 10.4 Å². The number of nitrogens with zero attached hydrogens (tertiary/aromatic N) is 1. The fraction of sp³-hybridized carbons (Fsp3) is 0.174. The molecule has 0 spiro atoms. The summed E-state index contributed by atoms with van der Waals surface area (Å²) in [5.41, 5.74) is 3.67. The van der Waals surface area contributed by atoms with Crippen LogP contribution in [0.4, 0.5) is 27.1 Å². The predicted octanol–water partition coefficient (Wildman–Crippen LogP) is 4.66. The zero-order chi connectivity index (χ0) is 20.1. The second kappa shape index (κ2) is 8.75. The van der Waals surface area contributed by atoms with Crippen molar-refractivity contribution < 1.29 is 13.9 Å². The molecule has 0 aromatic heterocycles. The van der Waals surface area contributed by atoms with Gasteiger partial charge in [0.1, 0.15) is 5.82 Å². The summed E-state index contributed by atoms with van der Waals surface area (Å²) >= 11 is 0. The van der Waals surface area contributed by atoms with Gasteiger partial charge >= 0.3 is 0 Å². The topological polar surface area (TPSA) is 53.6 Å². The van der Waals surface area contributed by atoms with Gasteiger partial charge in [0, 0.05) is 24.5 Å². The smallest absolute Gasteiger partial charge is 0.258 e. The number of rotatable bonds is 5. The van der Waals surface area contributed by atoms with Gasteiger partial charge in [0.15, 0.2) is 0 Å². The number of amides is 1. The largest absolute Gasteiger partial charge is 0.378 e. The van der Waals surface area contributed by atoms with Crippen molar-refractivity contribution >= 4 is 28.7 Å². The molecule has 1 aliphatic rings. The molecular weight excluding hydrogens is 369 g/mol. The van der Waals surface area contributed by atoms with E-state index in [0.29, 0.717) is 5.69 Å². The molecule has 6 heteroatoms.